The highest BCUT2D eigenvalue weighted by Crippen LogP contribution is 2.37. The molecule has 22 heavy (non-hydrogen) atoms. The number of hydrogen-bond donors (Lipinski definition) is 0. The number of benzene rings is 1. The van der Waals surface area contributed by atoms with Crippen LogP contribution in [0.3, 0.4) is 0 Å². The van der Waals surface area contributed by atoms with Crippen LogP contribution in [-0.4, -0.2) is 37.0 Å². The maximum absolute atomic E-state index is 12.3. The SMILES string of the molecule is CCOC(=O)C1CN(C2CCCCO2)OC1c1ccccc1. The topological polar surface area (TPSA) is 48.0 Å². The van der Waals surface area contributed by atoms with Gasteiger partial charge in [0.1, 0.15) is 18.2 Å². The molecule has 3 atom stereocenters. The van der Waals surface area contributed by atoms with Crippen LogP contribution in [0.2, 0.25) is 0 Å². The molecule has 0 aromatic heterocycles. The van der Waals surface area contributed by atoms with Crippen LogP contribution in [0, 0.1) is 5.92 Å². The first-order valence-corrected chi connectivity index (χ1v) is 8.06. The minimum absolute atomic E-state index is 0.0561. The third-order valence-electron chi connectivity index (χ3n) is 4.19. The van der Waals surface area contributed by atoms with E-state index in [0.29, 0.717) is 13.2 Å². The largest absolute Gasteiger partial charge is 0.466 e. The Hall–Kier alpha value is -1.43. The second-order valence-corrected chi connectivity index (χ2v) is 5.72. The van der Waals surface area contributed by atoms with Crippen molar-refractivity contribution >= 4 is 5.97 Å². The van der Waals surface area contributed by atoms with Crippen molar-refractivity contribution in [3.63, 3.8) is 0 Å². The molecule has 0 N–H and O–H groups in total. The Morgan fingerprint density at radius 3 is 2.82 bits per heavy atom. The van der Waals surface area contributed by atoms with Gasteiger partial charge in [-0.05, 0) is 31.7 Å². The average Bonchev–Trinajstić information content (AvgIpc) is 3.02. The minimum atomic E-state index is -0.312. The summed E-state index contributed by atoms with van der Waals surface area (Å²) in [7, 11) is 0. The van der Waals surface area contributed by atoms with E-state index in [1.165, 1.54) is 0 Å². The zero-order valence-corrected chi connectivity index (χ0v) is 12.9. The van der Waals surface area contributed by atoms with Gasteiger partial charge in [-0.1, -0.05) is 30.3 Å². The summed E-state index contributed by atoms with van der Waals surface area (Å²) in [4.78, 5) is 18.4. The predicted molar refractivity (Wildman–Crippen MR) is 80.7 cm³/mol. The number of carbonyl (C=O) groups is 1. The zero-order chi connectivity index (χ0) is 15.4. The van der Waals surface area contributed by atoms with Gasteiger partial charge < -0.3 is 9.47 Å². The van der Waals surface area contributed by atoms with Crippen LogP contribution in [0.5, 0.6) is 0 Å². The van der Waals surface area contributed by atoms with E-state index in [2.05, 4.69) is 0 Å². The number of ether oxygens (including phenoxy) is 2. The molecule has 2 aliphatic heterocycles. The van der Waals surface area contributed by atoms with Gasteiger partial charge in [-0.15, -0.1) is 0 Å². The van der Waals surface area contributed by atoms with Gasteiger partial charge in [0.05, 0.1) is 6.61 Å². The molecule has 2 saturated heterocycles. The first-order valence-electron chi connectivity index (χ1n) is 8.06. The van der Waals surface area contributed by atoms with E-state index in [1.807, 2.05) is 42.3 Å². The van der Waals surface area contributed by atoms with Gasteiger partial charge in [0, 0.05) is 13.2 Å². The minimum Gasteiger partial charge on any atom is -0.466 e. The van der Waals surface area contributed by atoms with E-state index in [-0.39, 0.29) is 24.2 Å². The molecule has 5 nitrogen and oxygen atoms in total. The molecule has 3 rings (SSSR count). The molecular weight excluding hydrogens is 282 g/mol. The fraction of sp³-hybridized carbons (Fsp3) is 0.588. The molecule has 120 valence electrons. The number of esters is 1. The maximum Gasteiger partial charge on any atom is 0.313 e. The average molecular weight is 305 g/mol. The number of carbonyl (C=O) groups excluding carboxylic acids is 1. The predicted octanol–water partition coefficient (Wildman–Crippen LogP) is 2.68. The highest BCUT2D eigenvalue weighted by Gasteiger charge is 2.43. The molecule has 2 heterocycles. The number of nitrogens with zero attached hydrogens (tertiary/aromatic N) is 1. The van der Waals surface area contributed by atoms with Crippen LogP contribution in [0.4, 0.5) is 0 Å². The summed E-state index contributed by atoms with van der Waals surface area (Å²) in [6.45, 7) is 3.48. The summed E-state index contributed by atoms with van der Waals surface area (Å²) in [6.07, 6.45) is 2.81. The van der Waals surface area contributed by atoms with Crippen molar-refractivity contribution in [2.75, 3.05) is 19.8 Å². The smallest absolute Gasteiger partial charge is 0.313 e. The molecule has 1 aromatic rings. The van der Waals surface area contributed by atoms with Crippen molar-refractivity contribution in [3.8, 4) is 0 Å². The van der Waals surface area contributed by atoms with E-state index < -0.39 is 0 Å². The summed E-state index contributed by atoms with van der Waals surface area (Å²) >= 11 is 0. The Morgan fingerprint density at radius 1 is 1.32 bits per heavy atom. The number of hydrogen-bond acceptors (Lipinski definition) is 5. The van der Waals surface area contributed by atoms with Gasteiger partial charge in [0.2, 0.25) is 0 Å². The molecular formula is C17H23NO4. The highest BCUT2D eigenvalue weighted by atomic mass is 16.7. The first-order chi connectivity index (χ1) is 10.8. The molecule has 0 spiro atoms. The lowest BCUT2D eigenvalue weighted by atomic mass is 9.96. The number of rotatable bonds is 4. The summed E-state index contributed by atoms with van der Waals surface area (Å²) in [5, 5.41) is 1.83. The van der Waals surface area contributed by atoms with E-state index in [9.17, 15) is 4.79 Å². The van der Waals surface area contributed by atoms with E-state index in [4.69, 9.17) is 14.3 Å². The van der Waals surface area contributed by atoms with Gasteiger partial charge in [0.25, 0.3) is 0 Å². The van der Waals surface area contributed by atoms with Crippen molar-refractivity contribution in [2.24, 2.45) is 5.92 Å². The lowest BCUT2D eigenvalue weighted by molar-refractivity contribution is -0.251. The Kier molecular flexibility index (Phi) is 5.08. The molecule has 2 fully saturated rings. The zero-order valence-electron chi connectivity index (χ0n) is 12.9. The molecule has 5 heteroatoms. The van der Waals surface area contributed by atoms with Crippen LogP contribution < -0.4 is 0 Å². The second kappa shape index (κ2) is 7.22. The Labute approximate surface area is 131 Å². The fourth-order valence-corrected chi connectivity index (χ4v) is 3.07. The standard InChI is InChI=1S/C17H23NO4/c1-2-20-17(19)14-12-18(15-10-6-7-11-21-15)22-16(14)13-8-4-3-5-9-13/h3-5,8-9,14-16H,2,6-7,10-12H2,1H3. The van der Waals surface area contributed by atoms with E-state index in [1.54, 1.807) is 0 Å². The Morgan fingerprint density at radius 2 is 2.14 bits per heavy atom. The van der Waals surface area contributed by atoms with Crippen LogP contribution in [0.1, 0.15) is 37.9 Å². The van der Waals surface area contributed by atoms with Gasteiger partial charge in [0.15, 0.2) is 0 Å². The maximum atomic E-state index is 12.3. The van der Waals surface area contributed by atoms with Crippen LogP contribution in [0.15, 0.2) is 30.3 Å². The van der Waals surface area contributed by atoms with Gasteiger partial charge >= 0.3 is 5.97 Å². The molecule has 1 aromatic carbocycles. The van der Waals surface area contributed by atoms with Gasteiger partial charge in [-0.3, -0.25) is 9.63 Å². The van der Waals surface area contributed by atoms with Crippen LogP contribution in [0.25, 0.3) is 0 Å². The summed E-state index contributed by atoms with van der Waals surface area (Å²) in [5.41, 5.74) is 0.999. The van der Waals surface area contributed by atoms with E-state index in [0.717, 1.165) is 31.4 Å². The third-order valence-corrected chi connectivity index (χ3v) is 4.19. The van der Waals surface area contributed by atoms with Crippen molar-refractivity contribution in [2.45, 2.75) is 38.5 Å². The second-order valence-electron chi connectivity index (χ2n) is 5.72. The quantitative estimate of drug-likeness (QED) is 0.800. The van der Waals surface area contributed by atoms with Gasteiger partial charge in [-0.25, -0.2) is 0 Å². The Balaban J connectivity index is 1.77. The first kappa shape index (κ1) is 15.5. The van der Waals surface area contributed by atoms with Crippen molar-refractivity contribution in [1.82, 2.24) is 5.06 Å². The summed E-state index contributed by atoms with van der Waals surface area (Å²) in [5.74, 6) is -0.512. The lowest BCUT2D eigenvalue weighted by Crippen LogP contribution is -2.37. The van der Waals surface area contributed by atoms with Crippen molar-refractivity contribution in [3.05, 3.63) is 35.9 Å². The monoisotopic (exact) mass is 305 g/mol. The number of hydroxylamine groups is 2. The van der Waals surface area contributed by atoms with Crippen LogP contribution >= 0.6 is 0 Å². The van der Waals surface area contributed by atoms with E-state index >= 15 is 0 Å². The van der Waals surface area contributed by atoms with Crippen molar-refractivity contribution < 1.29 is 19.1 Å². The molecule has 0 aliphatic carbocycles. The normalized spacial score (nSPS) is 29.4. The van der Waals surface area contributed by atoms with Gasteiger partial charge in [-0.2, -0.15) is 5.06 Å². The summed E-state index contributed by atoms with van der Waals surface area (Å²) < 4.78 is 11.0. The lowest BCUT2D eigenvalue weighted by Gasteiger charge is -2.29. The highest BCUT2D eigenvalue weighted by molar-refractivity contribution is 5.74. The molecule has 0 amide bonds. The molecule has 0 bridgehead atoms. The Bertz CT molecular complexity index is 487. The molecule has 3 unspecified atom stereocenters. The fourth-order valence-electron chi connectivity index (χ4n) is 3.07. The molecule has 0 radical (unpaired) electrons. The third kappa shape index (κ3) is 3.32. The van der Waals surface area contributed by atoms with Crippen molar-refractivity contribution in [1.29, 1.82) is 0 Å². The molecule has 2 aliphatic rings. The van der Waals surface area contributed by atoms with Crippen LogP contribution in [-0.2, 0) is 19.1 Å². The molecule has 0 saturated carbocycles. The summed E-state index contributed by atoms with van der Waals surface area (Å²) in [6, 6.07) is 9.85.